The monoisotopic (exact) mass is 242 g/mol. The first-order valence-electron chi connectivity index (χ1n) is 5.68. The Morgan fingerprint density at radius 1 is 1.47 bits per heavy atom. The molecule has 1 unspecified atom stereocenters. The Kier molecular flexibility index (Phi) is 3.82. The van der Waals surface area contributed by atoms with Crippen LogP contribution >= 0.6 is 6.04 Å². The van der Waals surface area contributed by atoms with Gasteiger partial charge in [-0.25, -0.2) is 0 Å². The van der Waals surface area contributed by atoms with Gasteiger partial charge in [-0.3, -0.25) is 0 Å². The van der Waals surface area contributed by atoms with Crippen LogP contribution in [-0.2, 0) is 16.5 Å². The molecule has 15 heavy (non-hydrogen) atoms. The van der Waals surface area contributed by atoms with Crippen LogP contribution in [0.4, 0.5) is 0 Å². The summed E-state index contributed by atoms with van der Waals surface area (Å²) >= 11 is 6.02. The minimum absolute atomic E-state index is 0.653. The first-order valence-corrected chi connectivity index (χ1v) is 8.80. The third kappa shape index (κ3) is 2.27. The molecule has 1 aliphatic carbocycles. The highest BCUT2D eigenvalue weighted by molar-refractivity contribution is 8.15. The molecule has 0 aromatic carbocycles. The number of hydrogen-bond acceptors (Lipinski definition) is 2. The summed E-state index contributed by atoms with van der Waals surface area (Å²) in [6, 6.07) is -1.20. The van der Waals surface area contributed by atoms with Crippen LogP contribution in [0.5, 0.6) is 0 Å². The van der Waals surface area contributed by atoms with Crippen LogP contribution in [-0.4, -0.2) is 31.2 Å². The summed E-state index contributed by atoms with van der Waals surface area (Å²) in [4.78, 5) is 0. The van der Waals surface area contributed by atoms with E-state index >= 15 is 0 Å². The van der Waals surface area contributed by atoms with Crippen LogP contribution in [0.3, 0.4) is 0 Å². The van der Waals surface area contributed by atoms with E-state index in [0.717, 1.165) is 13.0 Å². The van der Waals surface area contributed by atoms with Crippen molar-refractivity contribution in [3.8, 4) is 0 Å². The van der Waals surface area contributed by atoms with Crippen molar-refractivity contribution in [3.05, 3.63) is 24.3 Å². The van der Waals surface area contributed by atoms with Crippen molar-refractivity contribution in [3.63, 3.8) is 0 Å². The SMILES string of the molecule is COC[C@H]1CCC[P@]1(=S)C1C=CC=CC1. The maximum Gasteiger partial charge on any atom is 0.0537 e. The first-order chi connectivity index (χ1) is 7.27. The van der Waals surface area contributed by atoms with Crippen molar-refractivity contribution in [2.75, 3.05) is 19.9 Å². The van der Waals surface area contributed by atoms with Crippen LogP contribution < -0.4 is 0 Å². The molecule has 0 radical (unpaired) electrons. The summed E-state index contributed by atoms with van der Waals surface area (Å²) < 4.78 is 5.33. The van der Waals surface area contributed by atoms with E-state index in [1.807, 2.05) is 0 Å². The molecule has 0 amide bonds. The molecule has 0 bridgehead atoms. The van der Waals surface area contributed by atoms with Gasteiger partial charge in [-0.05, 0) is 31.5 Å². The van der Waals surface area contributed by atoms with E-state index < -0.39 is 6.04 Å². The standard InChI is InChI=1S/C12H19OPS/c1-13-10-12-8-5-9-14(12,15)11-6-3-2-4-7-11/h2-4,6,11-12H,5,7-10H2,1H3/t11?,12-,14+/m1/s1. The predicted molar refractivity (Wildman–Crippen MR) is 70.7 cm³/mol. The molecule has 0 aromatic heterocycles. The summed E-state index contributed by atoms with van der Waals surface area (Å²) in [6.07, 6.45) is 14.0. The lowest BCUT2D eigenvalue weighted by molar-refractivity contribution is 0.197. The predicted octanol–water partition coefficient (Wildman–Crippen LogP) is 3.16. The Hall–Kier alpha value is 0.0900. The molecular weight excluding hydrogens is 223 g/mol. The molecule has 1 saturated heterocycles. The van der Waals surface area contributed by atoms with Gasteiger partial charge in [0.15, 0.2) is 0 Å². The Labute approximate surface area is 97.6 Å². The molecule has 84 valence electrons. The molecule has 1 fully saturated rings. The minimum atomic E-state index is -1.20. The second-order valence-corrected chi connectivity index (χ2v) is 10.0. The van der Waals surface area contributed by atoms with Gasteiger partial charge < -0.3 is 4.74 Å². The van der Waals surface area contributed by atoms with Crippen LogP contribution in [0.2, 0.25) is 0 Å². The zero-order chi connectivity index (χ0) is 10.7. The summed E-state index contributed by atoms with van der Waals surface area (Å²) in [5.74, 6) is 0. The number of ether oxygens (including phenoxy) is 1. The lowest BCUT2D eigenvalue weighted by atomic mass is 10.2. The fraction of sp³-hybridized carbons (Fsp3) is 0.667. The van der Waals surface area contributed by atoms with Gasteiger partial charge in [0.05, 0.1) is 6.61 Å². The third-order valence-corrected chi connectivity index (χ3v) is 9.96. The zero-order valence-corrected chi connectivity index (χ0v) is 11.0. The summed E-state index contributed by atoms with van der Waals surface area (Å²) in [5, 5.41) is 0. The maximum absolute atomic E-state index is 6.02. The van der Waals surface area contributed by atoms with Gasteiger partial charge in [-0.1, -0.05) is 36.1 Å². The van der Waals surface area contributed by atoms with Gasteiger partial charge in [0.2, 0.25) is 0 Å². The van der Waals surface area contributed by atoms with E-state index in [1.165, 1.54) is 19.0 Å². The lowest BCUT2D eigenvalue weighted by Gasteiger charge is -2.31. The van der Waals surface area contributed by atoms with Crippen LogP contribution in [0.15, 0.2) is 24.3 Å². The molecule has 0 spiro atoms. The van der Waals surface area contributed by atoms with Crippen LogP contribution in [0.25, 0.3) is 0 Å². The van der Waals surface area contributed by atoms with Crippen LogP contribution in [0, 0.1) is 0 Å². The largest absolute Gasteiger partial charge is 0.384 e. The Morgan fingerprint density at radius 2 is 2.33 bits per heavy atom. The topological polar surface area (TPSA) is 9.23 Å². The highest BCUT2D eigenvalue weighted by Gasteiger charge is 2.38. The van der Waals surface area contributed by atoms with E-state index in [1.54, 1.807) is 7.11 Å². The smallest absolute Gasteiger partial charge is 0.0537 e. The van der Waals surface area contributed by atoms with Crippen molar-refractivity contribution in [2.24, 2.45) is 0 Å². The van der Waals surface area contributed by atoms with E-state index in [4.69, 9.17) is 16.5 Å². The molecule has 2 aliphatic rings. The molecule has 1 aliphatic heterocycles. The average molecular weight is 242 g/mol. The van der Waals surface area contributed by atoms with E-state index in [9.17, 15) is 0 Å². The third-order valence-electron chi connectivity index (χ3n) is 3.54. The van der Waals surface area contributed by atoms with Crippen molar-refractivity contribution < 1.29 is 4.74 Å². The fourth-order valence-corrected chi connectivity index (χ4v) is 7.87. The Balaban J connectivity index is 2.13. The quantitative estimate of drug-likeness (QED) is 0.703. The van der Waals surface area contributed by atoms with Gasteiger partial charge >= 0.3 is 0 Å². The average Bonchev–Trinajstić information content (AvgIpc) is 2.64. The van der Waals surface area contributed by atoms with Gasteiger partial charge in [0.25, 0.3) is 0 Å². The molecule has 2 rings (SSSR count). The molecule has 1 heterocycles. The minimum Gasteiger partial charge on any atom is -0.384 e. The van der Waals surface area contributed by atoms with E-state index in [0.29, 0.717) is 11.3 Å². The molecule has 1 nitrogen and oxygen atoms in total. The number of allylic oxidation sites excluding steroid dienone is 4. The molecule has 3 atom stereocenters. The number of hydrogen-bond donors (Lipinski definition) is 0. The van der Waals surface area contributed by atoms with Gasteiger partial charge in [0.1, 0.15) is 0 Å². The summed E-state index contributed by atoms with van der Waals surface area (Å²) in [7, 11) is 1.80. The lowest BCUT2D eigenvalue weighted by Crippen LogP contribution is -2.18. The van der Waals surface area contributed by atoms with Crippen molar-refractivity contribution in [1.82, 2.24) is 0 Å². The maximum atomic E-state index is 6.02. The van der Waals surface area contributed by atoms with Crippen LogP contribution in [0.1, 0.15) is 19.3 Å². The first kappa shape index (κ1) is 11.6. The highest BCUT2D eigenvalue weighted by Crippen LogP contribution is 2.63. The molecule has 3 heteroatoms. The van der Waals surface area contributed by atoms with Crippen molar-refractivity contribution in [1.29, 1.82) is 0 Å². The Bertz CT molecular complexity index is 322. The van der Waals surface area contributed by atoms with Crippen molar-refractivity contribution in [2.45, 2.75) is 30.6 Å². The fourth-order valence-electron chi connectivity index (χ4n) is 2.71. The number of rotatable bonds is 3. The van der Waals surface area contributed by atoms with Gasteiger partial charge in [-0.2, -0.15) is 0 Å². The molecule has 0 aromatic rings. The molecular formula is C12H19OPS. The normalized spacial score (nSPS) is 39.8. The summed E-state index contributed by atoms with van der Waals surface area (Å²) in [6.45, 7) is 0.880. The highest BCUT2D eigenvalue weighted by atomic mass is 32.4. The Morgan fingerprint density at radius 3 is 3.00 bits per heavy atom. The second kappa shape index (κ2) is 4.95. The van der Waals surface area contributed by atoms with Crippen molar-refractivity contribution >= 4 is 17.8 Å². The summed E-state index contributed by atoms with van der Waals surface area (Å²) in [5.41, 5.74) is 1.33. The van der Waals surface area contributed by atoms with Gasteiger partial charge in [0, 0.05) is 18.4 Å². The second-order valence-electron chi connectivity index (χ2n) is 4.45. The molecule has 0 N–H and O–H groups in total. The molecule has 0 saturated carbocycles. The zero-order valence-electron chi connectivity index (χ0n) is 9.26. The van der Waals surface area contributed by atoms with E-state index in [-0.39, 0.29) is 0 Å². The number of methoxy groups -OCH3 is 1. The van der Waals surface area contributed by atoms with E-state index in [2.05, 4.69) is 24.3 Å². The van der Waals surface area contributed by atoms with Gasteiger partial charge in [-0.15, -0.1) is 0 Å².